The first kappa shape index (κ1) is 35.9. The van der Waals surface area contributed by atoms with Gasteiger partial charge < -0.3 is 5.32 Å². The standard InChI is InChI=1S/C42H55FN4/c1-8-11-12-13-35(28-38-23-25-44-24-22-36(9-2)37(10-3)27-31(38)5)16-15-32(6)45-33(7)42-39(20-19-34-17-18-34)29-47(46-42)41-21-14-30(4)26-40(41)43/h12-16,21-23,25-27,29,31,34,45H,7-11,17-20,24,28H2,1-6H3/b13-12+,32-15+,35-16+,36-22-,37-27-,38-23-,44-25-. The van der Waals surface area contributed by atoms with Crippen molar-refractivity contribution in [3.63, 3.8) is 0 Å². The van der Waals surface area contributed by atoms with Crippen LogP contribution in [0.1, 0.15) is 103 Å². The van der Waals surface area contributed by atoms with Crippen LogP contribution in [0.15, 0.2) is 106 Å². The lowest BCUT2D eigenvalue weighted by Crippen LogP contribution is -2.11. The summed E-state index contributed by atoms with van der Waals surface area (Å²) in [4.78, 5) is 4.66. The molecule has 1 aromatic heterocycles. The lowest BCUT2D eigenvalue weighted by atomic mass is 9.88. The Hall–Kier alpha value is -3.99. The molecule has 1 aliphatic carbocycles. The zero-order chi connectivity index (χ0) is 33.8. The maximum Gasteiger partial charge on any atom is 0.149 e. The van der Waals surface area contributed by atoms with Crippen molar-refractivity contribution in [1.82, 2.24) is 15.1 Å². The van der Waals surface area contributed by atoms with Crippen LogP contribution in [0.4, 0.5) is 4.39 Å². The molecular formula is C42H55FN4. The second-order valence-electron chi connectivity index (χ2n) is 13.1. The van der Waals surface area contributed by atoms with Crippen LogP contribution >= 0.6 is 0 Å². The molecule has 1 unspecified atom stereocenters. The monoisotopic (exact) mass is 634 g/mol. The number of hydrogen-bond acceptors (Lipinski definition) is 3. The molecule has 1 saturated carbocycles. The van der Waals surface area contributed by atoms with Gasteiger partial charge in [-0.15, -0.1) is 0 Å². The molecular weight excluding hydrogens is 579 g/mol. The summed E-state index contributed by atoms with van der Waals surface area (Å²) in [7, 11) is 0. The Morgan fingerprint density at radius 3 is 2.62 bits per heavy atom. The largest absolute Gasteiger partial charge is 0.358 e. The van der Waals surface area contributed by atoms with Gasteiger partial charge in [0.2, 0.25) is 0 Å². The van der Waals surface area contributed by atoms with E-state index in [4.69, 9.17) is 5.10 Å². The van der Waals surface area contributed by atoms with Crippen molar-refractivity contribution in [3.8, 4) is 5.69 Å². The van der Waals surface area contributed by atoms with E-state index < -0.39 is 0 Å². The number of unbranched alkanes of at least 4 members (excludes halogenated alkanes) is 1. The third-order valence-electron chi connectivity index (χ3n) is 9.08. The van der Waals surface area contributed by atoms with Crippen molar-refractivity contribution in [2.24, 2.45) is 16.8 Å². The number of nitrogens with one attached hydrogen (secondary N) is 1. The van der Waals surface area contributed by atoms with Crippen molar-refractivity contribution in [1.29, 1.82) is 0 Å². The van der Waals surface area contributed by atoms with Gasteiger partial charge >= 0.3 is 0 Å². The fourth-order valence-electron chi connectivity index (χ4n) is 6.02. The van der Waals surface area contributed by atoms with E-state index in [9.17, 15) is 4.39 Å². The van der Waals surface area contributed by atoms with Crippen molar-refractivity contribution in [2.75, 3.05) is 6.54 Å². The summed E-state index contributed by atoms with van der Waals surface area (Å²) in [5.41, 5.74) is 10.4. The number of rotatable bonds is 15. The maximum absolute atomic E-state index is 14.9. The lowest BCUT2D eigenvalue weighted by Gasteiger charge is -2.17. The van der Waals surface area contributed by atoms with Crippen molar-refractivity contribution >= 4 is 11.9 Å². The number of benzene rings is 1. The van der Waals surface area contributed by atoms with Gasteiger partial charge in [-0.25, -0.2) is 9.07 Å². The van der Waals surface area contributed by atoms with E-state index in [1.165, 1.54) is 35.1 Å². The molecule has 250 valence electrons. The first-order valence-corrected chi connectivity index (χ1v) is 17.7. The molecule has 1 fully saturated rings. The predicted octanol–water partition coefficient (Wildman–Crippen LogP) is 11.1. The van der Waals surface area contributed by atoms with Crippen LogP contribution < -0.4 is 5.32 Å². The highest BCUT2D eigenvalue weighted by molar-refractivity contribution is 5.73. The highest BCUT2D eigenvalue weighted by Gasteiger charge is 2.23. The molecule has 2 aliphatic rings. The molecule has 47 heavy (non-hydrogen) atoms. The number of aliphatic imine (C=N–C) groups is 1. The van der Waals surface area contributed by atoms with E-state index in [0.29, 0.717) is 11.6 Å². The molecule has 1 aromatic carbocycles. The smallest absolute Gasteiger partial charge is 0.149 e. The summed E-state index contributed by atoms with van der Waals surface area (Å²) in [5.74, 6) is 0.823. The molecule has 1 aliphatic heterocycles. The fourth-order valence-corrected chi connectivity index (χ4v) is 6.02. The predicted molar refractivity (Wildman–Crippen MR) is 199 cm³/mol. The number of aryl methyl sites for hydroxylation is 2. The van der Waals surface area contributed by atoms with Crippen molar-refractivity contribution in [2.45, 2.75) is 99.3 Å². The average molecular weight is 635 g/mol. The molecule has 2 heterocycles. The van der Waals surface area contributed by atoms with Gasteiger partial charge in [0.25, 0.3) is 0 Å². The van der Waals surface area contributed by atoms with E-state index in [1.807, 2.05) is 25.4 Å². The highest BCUT2D eigenvalue weighted by atomic mass is 19.1. The Bertz CT molecular complexity index is 1600. The van der Waals surface area contributed by atoms with Crippen LogP contribution in [0.3, 0.4) is 0 Å². The molecule has 0 amide bonds. The lowest BCUT2D eigenvalue weighted by molar-refractivity contribution is 0.609. The zero-order valence-electron chi connectivity index (χ0n) is 29.6. The number of allylic oxidation sites excluding steroid dienone is 11. The fraction of sp³-hybridized carbons (Fsp3) is 0.429. The van der Waals surface area contributed by atoms with Crippen LogP contribution in [0.5, 0.6) is 0 Å². The molecule has 1 atom stereocenters. The van der Waals surface area contributed by atoms with Crippen molar-refractivity contribution in [3.05, 3.63) is 124 Å². The third kappa shape index (κ3) is 10.8. The van der Waals surface area contributed by atoms with Gasteiger partial charge in [-0.1, -0.05) is 95.6 Å². The topological polar surface area (TPSA) is 42.2 Å². The van der Waals surface area contributed by atoms with Crippen LogP contribution in [-0.2, 0) is 6.42 Å². The average Bonchev–Trinajstić information content (AvgIpc) is 3.79. The van der Waals surface area contributed by atoms with Crippen LogP contribution in [0.2, 0.25) is 0 Å². The first-order chi connectivity index (χ1) is 22.7. The normalized spacial score (nSPS) is 21.9. The van der Waals surface area contributed by atoms with E-state index in [0.717, 1.165) is 85.6 Å². The third-order valence-corrected chi connectivity index (χ3v) is 9.08. The summed E-state index contributed by atoms with van der Waals surface area (Å²) in [5, 5.41) is 8.34. The van der Waals surface area contributed by atoms with E-state index in [2.05, 4.69) is 94.0 Å². The molecule has 0 saturated heterocycles. The van der Waals surface area contributed by atoms with E-state index in [1.54, 1.807) is 16.8 Å². The Kier molecular flexibility index (Phi) is 13.6. The molecule has 0 bridgehead atoms. The Labute approximate surface area is 283 Å². The molecule has 5 heteroatoms. The highest BCUT2D eigenvalue weighted by Crippen LogP contribution is 2.34. The summed E-state index contributed by atoms with van der Waals surface area (Å²) in [6.07, 6.45) is 29.4. The van der Waals surface area contributed by atoms with Gasteiger partial charge in [0.1, 0.15) is 17.2 Å². The van der Waals surface area contributed by atoms with Gasteiger partial charge in [-0.05, 0) is 111 Å². The van der Waals surface area contributed by atoms with Gasteiger partial charge in [0, 0.05) is 23.7 Å². The molecule has 0 spiro atoms. The van der Waals surface area contributed by atoms with Gasteiger partial charge in [-0.2, -0.15) is 5.10 Å². The summed E-state index contributed by atoms with van der Waals surface area (Å²) in [6, 6.07) is 5.27. The second kappa shape index (κ2) is 17.8. The number of halogens is 1. The zero-order valence-corrected chi connectivity index (χ0v) is 29.6. The number of aromatic nitrogens is 2. The number of nitrogens with zero attached hydrogens (tertiary/aromatic N) is 3. The Morgan fingerprint density at radius 1 is 1.13 bits per heavy atom. The molecule has 4 rings (SSSR count). The van der Waals surface area contributed by atoms with Gasteiger partial charge in [0.05, 0.1) is 12.2 Å². The van der Waals surface area contributed by atoms with Crippen LogP contribution in [0, 0.1) is 24.6 Å². The van der Waals surface area contributed by atoms with Gasteiger partial charge in [-0.3, -0.25) is 4.99 Å². The second-order valence-corrected chi connectivity index (χ2v) is 13.1. The van der Waals surface area contributed by atoms with Gasteiger partial charge in [0.15, 0.2) is 0 Å². The van der Waals surface area contributed by atoms with Crippen LogP contribution in [0.25, 0.3) is 11.4 Å². The minimum Gasteiger partial charge on any atom is -0.358 e. The molecule has 0 radical (unpaired) electrons. The molecule has 1 N–H and O–H groups in total. The Morgan fingerprint density at radius 2 is 1.91 bits per heavy atom. The van der Waals surface area contributed by atoms with Crippen molar-refractivity contribution < 1.29 is 4.39 Å². The minimum atomic E-state index is -0.272. The SMILES string of the molecule is C=C(N/C(C)=C/C=C(\C=C\CCC)C/C1=C/C=N\C/C=C(CC)\C(CC)=C/C1C)c1nn(-c2ccc(C)cc2F)cc1CCC1CC1. The van der Waals surface area contributed by atoms with E-state index >= 15 is 0 Å². The Balaban J connectivity index is 1.57. The minimum absolute atomic E-state index is 0.272. The maximum atomic E-state index is 14.9. The first-order valence-electron chi connectivity index (χ1n) is 17.7. The summed E-state index contributed by atoms with van der Waals surface area (Å²) >= 11 is 0. The van der Waals surface area contributed by atoms with E-state index in [-0.39, 0.29) is 5.82 Å². The van der Waals surface area contributed by atoms with Crippen LogP contribution in [-0.4, -0.2) is 22.5 Å². The number of hydrogen-bond donors (Lipinski definition) is 1. The summed E-state index contributed by atoms with van der Waals surface area (Å²) < 4.78 is 16.6. The quantitative estimate of drug-likeness (QED) is 0.198. The summed E-state index contributed by atoms with van der Waals surface area (Å²) in [6.45, 7) is 18.0. The molecule has 4 nitrogen and oxygen atoms in total. The molecule has 2 aromatic rings.